The number of fused-ring (bicyclic) bond motifs is 3. The van der Waals surface area contributed by atoms with E-state index in [2.05, 4.69) is 15.9 Å². The van der Waals surface area contributed by atoms with Crippen LogP contribution in [-0.4, -0.2) is 17.5 Å². The van der Waals surface area contributed by atoms with Crippen molar-refractivity contribution in [3.05, 3.63) is 53.1 Å². The zero-order valence-corrected chi connectivity index (χ0v) is 13.8. The summed E-state index contributed by atoms with van der Waals surface area (Å²) in [4.78, 5) is 0. The summed E-state index contributed by atoms with van der Waals surface area (Å²) in [7, 11) is 1.65. The summed E-state index contributed by atoms with van der Waals surface area (Å²) < 4.78 is 5.32. The van der Waals surface area contributed by atoms with Gasteiger partial charge in [0.05, 0.1) is 13.2 Å². The Bertz CT molecular complexity index is 817. The van der Waals surface area contributed by atoms with E-state index in [0.717, 1.165) is 32.9 Å². The van der Waals surface area contributed by atoms with Gasteiger partial charge in [0.1, 0.15) is 5.75 Å². The standard InChI is InChI=1S/C17H14BrClO2/c1-21-12-4-5-13-15(8-12)14-7-11(19)3-2-10(14)6-16(13)17(20)9-18/h2-8,17,20H,9H2,1H3/t17-/m0/s1. The highest BCUT2D eigenvalue weighted by molar-refractivity contribution is 9.09. The van der Waals surface area contributed by atoms with Gasteiger partial charge in [0.2, 0.25) is 0 Å². The number of rotatable bonds is 3. The number of halogens is 2. The first-order valence-electron chi connectivity index (χ1n) is 6.58. The van der Waals surface area contributed by atoms with Crippen LogP contribution in [0.5, 0.6) is 5.75 Å². The van der Waals surface area contributed by atoms with Gasteiger partial charge in [-0.3, -0.25) is 0 Å². The highest BCUT2D eigenvalue weighted by Crippen LogP contribution is 2.35. The van der Waals surface area contributed by atoms with Gasteiger partial charge in [0, 0.05) is 10.4 Å². The summed E-state index contributed by atoms with van der Waals surface area (Å²) in [5, 5.41) is 15.6. The molecule has 0 saturated heterocycles. The molecule has 0 bridgehead atoms. The Balaban J connectivity index is 2.45. The van der Waals surface area contributed by atoms with Crippen LogP contribution in [0.15, 0.2) is 42.5 Å². The number of benzene rings is 3. The zero-order chi connectivity index (χ0) is 15.0. The monoisotopic (exact) mass is 364 g/mol. The molecule has 0 aliphatic rings. The van der Waals surface area contributed by atoms with Crippen LogP contribution in [0, 0.1) is 0 Å². The number of ether oxygens (including phenoxy) is 1. The molecule has 0 saturated carbocycles. The van der Waals surface area contributed by atoms with Crippen LogP contribution in [0.3, 0.4) is 0 Å². The van der Waals surface area contributed by atoms with Crippen molar-refractivity contribution in [1.82, 2.24) is 0 Å². The van der Waals surface area contributed by atoms with Crippen molar-refractivity contribution in [1.29, 1.82) is 0 Å². The van der Waals surface area contributed by atoms with Gasteiger partial charge >= 0.3 is 0 Å². The molecule has 0 heterocycles. The number of methoxy groups -OCH3 is 1. The van der Waals surface area contributed by atoms with Crippen molar-refractivity contribution in [3.8, 4) is 5.75 Å². The minimum absolute atomic E-state index is 0.493. The lowest BCUT2D eigenvalue weighted by Gasteiger charge is -2.15. The molecule has 0 aliphatic carbocycles. The minimum Gasteiger partial charge on any atom is -0.497 e. The van der Waals surface area contributed by atoms with Crippen LogP contribution in [0.2, 0.25) is 5.02 Å². The van der Waals surface area contributed by atoms with Crippen LogP contribution in [0.1, 0.15) is 11.7 Å². The predicted molar refractivity (Wildman–Crippen MR) is 91.8 cm³/mol. The maximum atomic E-state index is 10.3. The average molecular weight is 366 g/mol. The Morgan fingerprint density at radius 1 is 1.10 bits per heavy atom. The van der Waals surface area contributed by atoms with Gasteiger partial charge in [-0.25, -0.2) is 0 Å². The number of alkyl halides is 1. The normalized spacial score (nSPS) is 12.8. The third kappa shape index (κ3) is 2.61. The summed E-state index contributed by atoms with van der Waals surface area (Å²) in [6.45, 7) is 0. The lowest BCUT2D eigenvalue weighted by molar-refractivity contribution is 0.207. The molecule has 0 unspecified atom stereocenters. The van der Waals surface area contributed by atoms with E-state index >= 15 is 0 Å². The van der Waals surface area contributed by atoms with E-state index in [-0.39, 0.29) is 0 Å². The quantitative estimate of drug-likeness (QED) is 0.518. The molecule has 0 fully saturated rings. The molecular weight excluding hydrogens is 352 g/mol. The molecule has 0 amide bonds. The molecular formula is C17H14BrClO2. The second-order valence-electron chi connectivity index (χ2n) is 4.91. The van der Waals surface area contributed by atoms with Gasteiger partial charge in [-0.1, -0.05) is 39.7 Å². The molecule has 1 atom stereocenters. The van der Waals surface area contributed by atoms with Crippen LogP contribution < -0.4 is 4.74 Å². The molecule has 1 N–H and O–H groups in total. The molecule has 108 valence electrons. The topological polar surface area (TPSA) is 29.5 Å². The maximum Gasteiger partial charge on any atom is 0.119 e. The van der Waals surface area contributed by atoms with Crippen molar-refractivity contribution < 1.29 is 9.84 Å². The van der Waals surface area contributed by atoms with Gasteiger partial charge in [0.15, 0.2) is 0 Å². The van der Waals surface area contributed by atoms with Crippen LogP contribution in [-0.2, 0) is 0 Å². The molecule has 3 aromatic carbocycles. The van der Waals surface area contributed by atoms with Crippen LogP contribution in [0.4, 0.5) is 0 Å². The Kier molecular flexibility index (Phi) is 4.07. The van der Waals surface area contributed by atoms with Crippen molar-refractivity contribution in [3.63, 3.8) is 0 Å². The van der Waals surface area contributed by atoms with Crippen molar-refractivity contribution in [2.45, 2.75) is 6.10 Å². The van der Waals surface area contributed by atoms with Crippen molar-refractivity contribution in [2.24, 2.45) is 0 Å². The van der Waals surface area contributed by atoms with E-state index in [9.17, 15) is 5.11 Å². The lowest BCUT2D eigenvalue weighted by Crippen LogP contribution is -2.00. The molecule has 3 aromatic rings. The SMILES string of the molecule is COc1ccc2c([C@@H](O)CBr)cc3ccc(Cl)cc3c2c1. The Morgan fingerprint density at radius 2 is 1.90 bits per heavy atom. The lowest BCUT2D eigenvalue weighted by atomic mass is 9.95. The second-order valence-corrected chi connectivity index (χ2v) is 6.00. The van der Waals surface area contributed by atoms with Crippen molar-refractivity contribution in [2.75, 3.05) is 12.4 Å². The van der Waals surface area contributed by atoms with E-state index in [1.54, 1.807) is 7.11 Å². The molecule has 0 radical (unpaired) electrons. The maximum absolute atomic E-state index is 10.3. The van der Waals surface area contributed by atoms with E-state index in [1.807, 2.05) is 42.5 Å². The van der Waals surface area contributed by atoms with Crippen LogP contribution >= 0.6 is 27.5 Å². The molecule has 21 heavy (non-hydrogen) atoms. The van der Waals surface area contributed by atoms with Gasteiger partial charge < -0.3 is 9.84 Å². The summed E-state index contributed by atoms with van der Waals surface area (Å²) >= 11 is 9.48. The molecule has 0 spiro atoms. The fourth-order valence-corrected chi connectivity index (χ4v) is 3.14. The summed E-state index contributed by atoms with van der Waals surface area (Å²) in [6.07, 6.45) is -0.555. The molecule has 0 aromatic heterocycles. The van der Waals surface area contributed by atoms with Gasteiger partial charge in [0.25, 0.3) is 0 Å². The second kappa shape index (κ2) is 5.84. The highest BCUT2D eigenvalue weighted by atomic mass is 79.9. The van der Waals surface area contributed by atoms with Gasteiger partial charge in [-0.05, 0) is 57.4 Å². The first-order valence-corrected chi connectivity index (χ1v) is 8.08. The molecule has 3 rings (SSSR count). The molecule has 4 heteroatoms. The summed E-state index contributed by atoms with van der Waals surface area (Å²) in [5.74, 6) is 0.786. The number of hydrogen-bond donors (Lipinski definition) is 1. The summed E-state index contributed by atoms with van der Waals surface area (Å²) in [5.41, 5.74) is 0.902. The van der Waals surface area contributed by atoms with E-state index in [4.69, 9.17) is 16.3 Å². The average Bonchev–Trinajstić information content (AvgIpc) is 2.53. The number of aliphatic hydroxyl groups is 1. The first-order chi connectivity index (χ1) is 10.1. The predicted octanol–water partition coefficient (Wildman–Crippen LogP) is 5.08. The summed E-state index contributed by atoms with van der Waals surface area (Å²) in [6, 6.07) is 13.7. The first kappa shape index (κ1) is 14.6. The Labute approximate surface area is 136 Å². The minimum atomic E-state index is -0.555. The van der Waals surface area contributed by atoms with Gasteiger partial charge in [-0.2, -0.15) is 0 Å². The third-order valence-electron chi connectivity index (χ3n) is 3.66. The number of aliphatic hydroxyl groups excluding tert-OH is 1. The fraction of sp³-hybridized carbons (Fsp3) is 0.176. The van der Waals surface area contributed by atoms with Crippen molar-refractivity contribution >= 4 is 49.1 Å². The smallest absolute Gasteiger partial charge is 0.119 e. The number of hydrogen-bond acceptors (Lipinski definition) is 2. The third-order valence-corrected chi connectivity index (χ3v) is 4.51. The van der Waals surface area contributed by atoms with E-state index < -0.39 is 6.10 Å². The zero-order valence-electron chi connectivity index (χ0n) is 11.4. The fourth-order valence-electron chi connectivity index (χ4n) is 2.62. The molecule has 0 aliphatic heterocycles. The van der Waals surface area contributed by atoms with Crippen LogP contribution in [0.25, 0.3) is 21.5 Å². The Hall–Kier alpha value is -1.29. The molecule has 2 nitrogen and oxygen atoms in total. The van der Waals surface area contributed by atoms with E-state index in [0.29, 0.717) is 10.4 Å². The Morgan fingerprint density at radius 3 is 2.62 bits per heavy atom. The van der Waals surface area contributed by atoms with E-state index in [1.165, 1.54) is 0 Å². The largest absolute Gasteiger partial charge is 0.497 e. The van der Waals surface area contributed by atoms with Gasteiger partial charge in [-0.15, -0.1) is 0 Å². The highest BCUT2D eigenvalue weighted by Gasteiger charge is 2.14.